The fraction of sp³-hybridized carbons (Fsp3) is 0.500. The van der Waals surface area contributed by atoms with Gasteiger partial charge in [0.15, 0.2) is 0 Å². The molecule has 1 saturated carbocycles. The lowest BCUT2D eigenvalue weighted by Crippen LogP contribution is -2.31. The molecule has 0 saturated heterocycles. The highest BCUT2D eigenvalue weighted by atomic mass is 16.4. The van der Waals surface area contributed by atoms with Gasteiger partial charge in [-0.1, -0.05) is 6.42 Å². The number of nitrogens with one attached hydrogen (secondary N) is 2. The van der Waals surface area contributed by atoms with Crippen molar-refractivity contribution in [3.63, 3.8) is 0 Å². The van der Waals surface area contributed by atoms with Crippen molar-refractivity contribution >= 4 is 17.6 Å². The van der Waals surface area contributed by atoms with Gasteiger partial charge < -0.3 is 15.7 Å². The van der Waals surface area contributed by atoms with E-state index in [0.29, 0.717) is 12.1 Å². The van der Waals surface area contributed by atoms with Gasteiger partial charge in [0.2, 0.25) is 0 Å². The van der Waals surface area contributed by atoms with Crippen LogP contribution < -0.4 is 10.6 Å². The van der Waals surface area contributed by atoms with Crippen LogP contribution in [0.4, 0.5) is 5.69 Å². The summed E-state index contributed by atoms with van der Waals surface area (Å²) in [4.78, 5) is 26.6. The maximum atomic E-state index is 11.5. The molecule has 0 spiro atoms. The summed E-state index contributed by atoms with van der Waals surface area (Å²) in [6, 6.07) is 3.60. The first-order chi connectivity index (χ1) is 9.60. The Balaban J connectivity index is 2.02. The van der Waals surface area contributed by atoms with Gasteiger partial charge in [-0.05, 0) is 31.4 Å². The number of anilines is 1. The molecule has 3 N–H and O–H groups in total. The smallest absolute Gasteiger partial charge is 0.306 e. The molecule has 1 aliphatic carbocycles. The van der Waals surface area contributed by atoms with Gasteiger partial charge in [0.25, 0.3) is 5.91 Å². The summed E-state index contributed by atoms with van der Waals surface area (Å²) in [7, 11) is 1.56. The van der Waals surface area contributed by atoms with Crippen LogP contribution in [0.15, 0.2) is 18.3 Å². The number of hydrogen-bond acceptors (Lipinski definition) is 4. The minimum Gasteiger partial charge on any atom is -0.481 e. The summed E-state index contributed by atoms with van der Waals surface area (Å²) in [6.45, 7) is 0. The van der Waals surface area contributed by atoms with E-state index in [1.165, 1.54) is 0 Å². The molecule has 1 aliphatic rings. The number of pyridine rings is 1. The van der Waals surface area contributed by atoms with Crippen molar-refractivity contribution in [3.05, 3.63) is 24.0 Å². The Bertz CT molecular complexity index is 504. The third-order valence-electron chi connectivity index (χ3n) is 3.61. The van der Waals surface area contributed by atoms with Gasteiger partial charge >= 0.3 is 5.97 Å². The van der Waals surface area contributed by atoms with E-state index in [1.807, 2.05) is 0 Å². The minimum atomic E-state index is -0.725. The van der Waals surface area contributed by atoms with Crippen LogP contribution in [-0.4, -0.2) is 35.1 Å². The van der Waals surface area contributed by atoms with Gasteiger partial charge in [-0.3, -0.25) is 14.6 Å². The average Bonchev–Trinajstić information content (AvgIpc) is 2.47. The summed E-state index contributed by atoms with van der Waals surface area (Å²) >= 11 is 0. The molecule has 1 heterocycles. The largest absolute Gasteiger partial charge is 0.481 e. The maximum absolute atomic E-state index is 11.5. The highest BCUT2D eigenvalue weighted by Crippen LogP contribution is 2.27. The molecule has 108 valence electrons. The van der Waals surface area contributed by atoms with E-state index in [4.69, 9.17) is 5.11 Å². The van der Waals surface area contributed by atoms with Gasteiger partial charge in [0.05, 0.1) is 5.92 Å². The lowest BCUT2D eigenvalue weighted by Gasteiger charge is -2.28. The van der Waals surface area contributed by atoms with Crippen molar-refractivity contribution < 1.29 is 14.7 Å². The lowest BCUT2D eigenvalue weighted by molar-refractivity contribution is -0.142. The van der Waals surface area contributed by atoms with Crippen LogP contribution in [0.2, 0.25) is 0 Å². The highest BCUT2D eigenvalue weighted by Gasteiger charge is 2.26. The minimum absolute atomic E-state index is 0.129. The van der Waals surface area contributed by atoms with Gasteiger partial charge in [0.1, 0.15) is 5.69 Å². The first kappa shape index (κ1) is 14.3. The van der Waals surface area contributed by atoms with Crippen molar-refractivity contribution in [2.75, 3.05) is 12.4 Å². The van der Waals surface area contributed by atoms with E-state index in [9.17, 15) is 9.59 Å². The topological polar surface area (TPSA) is 91.3 Å². The monoisotopic (exact) mass is 277 g/mol. The third kappa shape index (κ3) is 3.46. The lowest BCUT2D eigenvalue weighted by atomic mass is 9.85. The number of carbonyl (C=O) groups is 2. The number of aliphatic carboxylic acids is 1. The number of aromatic nitrogens is 1. The molecular formula is C14H19N3O3. The molecule has 6 nitrogen and oxygen atoms in total. The molecule has 0 aliphatic heterocycles. The van der Waals surface area contributed by atoms with E-state index in [-0.39, 0.29) is 17.9 Å². The highest BCUT2D eigenvalue weighted by molar-refractivity contribution is 5.92. The summed E-state index contributed by atoms with van der Waals surface area (Å²) in [5.41, 5.74) is 1.15. The Labute approximate surface area is 117 Å². The molecule has 2 unspecified atom stereocenters. The second kappa shape index (κ2) is 6.36. The number of carboxylic acid groups (broad SMARTS) is 1. The number of hydrogen-bond donors (Lipinski definition) is 3. The zero-order valence-corrected chi connectivity index (χ0v) is 11.4. The van der Waals surface area contributed by atoms with E-state index in [2.05, 4.69) is 15.6 Å². The van der Waals surface area contributed by atoms with Crippen LogP contribution in [0.3, 0.4) is 0 Å². The van der Waals surface area contributed by atoms with Crippen LogP contribution >= 0.6 is 0 Å². The fourth-order valence-electron chi connectivity index (χ4n) is 2.55. The summed E-state index contributed by atoms with van der Waals surface area (Å²) < 4.78 is 0. The molecule has 2 rings (SSSR count). The van der Waals surface area contributed by atoms with E-state index in [1.54, 1.807) is 25.4 Å². The molecule has 1 aromatic rings. The molecule has 1 aromatic heterocycles. The Morgan fingerprint density at radius 3 is 2.90 bits per heavy atom. The van der Waals surface area contributed by atoms with Crippen LogP contribution in [0.5, 0.6) is 0 Å². The first-order valence-electron chi connectivity index (χ1n) is 6.77. The zero-order valence-electron chi connectivity index (χ0n) is 11.4. The summed E-state index contributed by atoms with van der Waals surface area (Å²) in [6.07, 6.45) is 4.79. The quantitative estimate of drug-likeness (QED) is 0.775. The van der Waals surface area contributed by atoms with Gasteiger partial charge in [-0.25, -0.2) is 0 Å². The molecule has 0 radical (unpaired) electrons. The number of nitrogens with zero attached hydrogens (tertiary/aromatic N) is 1. The molecule has 1 fully saturated rings. The molecule has 20 heavy (non-hydrogen) atoms. The standard InChI is InChI=1S/C14H19N3O3/c1-15-13(18)12-8-11(5-6-16-12)17-10-4-2-3-9(7-10)14(19)20/h5-6,8-10H,2-4,7H2,1H3,(H,15,18)(H,16,17)(H,19,20). The van der Waals surface area contributed by atoms with Crippen LogP contribution in [0, 0.1) is 5.92 Å². The van der Waals surface area contributed by atoms with E-state index < -0.39 is 5.97 Å². The number of carbonyl (C=O) groups excluding carboxylic acids is 1. The fourth-order valence-corrected chi connectivity index (χ4v) is 2.55. The normalized spacial score (nSPS) is 22.1. The molecular weight excluding hydrogens is 258 g/mol. The Hall–Kier alpha value is -2.11. The van der Waals surface area contributed by atoms with Crippen molar-refractivity contribution in [2.45, 2.75) is 31.7 Å². The Morgan fingerprint density at radius 1 is 1.40 bits per heavy atom. The van der Waals surface area contributed by atoms with E-state index in [0.717, 1.165) is 24.9 Å². The van der Waals surface area contributed by atoms with E-state index >= 15 is 0 Å². The molecule has 0 aromatic carbocycles. The molecule has 2 atom stereocenters. The summed E-state index contributed by atoms with van der Waals surface area (Å²) in [5, 5.41) is 14.9. The second-order valence-electron chi connectivity index (χ2n) is 5.05. The van der Waals surface area contributed by atoms with Crippen molar-refractivity contribution in [3.8, 4) is 0 Å². The maximum Gasteiger partial charge on any atom is 0.306 e. The second-order valence-corrected chi connectivity index (χ2v) is 5.05. The number of carboxylic acids is 1. The van der Waals surface area contributed by atoms with Crippen molar-refractivity contribution in [1.82, 2.24) is 10.3 Å². The summed E-state index contributed by atoms with van der Waals surface area (Å²) in [5.74, 6) is -1.24. The predicted octanol–water partition coefficient (Wildman–Crippen LogP) is 1.50. The van der Waals surface area contributed by atoms with Crippen LogP contribution in [0.1, 0.15) is 36.2 Å². The van der Waals surface area contributed by atoms with Crippen LogP contribution in [-0.2, 0) is 4.79 Å². The first-order valence-corrected chi connectivity index (χ1v) is 6.77. The van der Waals surface area contributed by atoms with Gasteiger partial charge in [-0.2, -0.15) is 0 Å². The third-order valence-corrected chi connectivity index (χ3v) is 3.61. The van der Waals surface area contributed by atoms with Crippen molar-refractivity contribution in [2.24, 2.45) is 5.92 Å². The average molecular weight is 277 g/mol. The molecule has 1 amide bonds. The Morgan fingerprint density at radius 2 is 2.20 bits per heavy atom. The predicted molar refractivity (Wildman–Crippen MR) is 74.6 cm³/mol. The number of rotatable bonds is 4. The molecule has 6 heteroatoms. The van der Waals surface area contributed by atoms with Gasteiger partial charge in [0, 0.05) is 25.0 Å². The zero-order chi connectivity index (χ0) is 14.5. The van der Waals surface area contributed by atoms with Gasteiger partial charge in [-0.15, -0.1) is 0 Å². The van der Waals surface area contributed by atoms with Crippen LogP contribution in [0.25, 0.3) is 0 Å². The number of amides is 1. The van der Waals surface area contributed by atoms with Crippen molar-refractivity contribution in [1.29, 1.82) is 0 Å². The molecule has 0 bridgehead atoms. The Kier molecular flexibility index (Phi) is 4.55. The SMILES string of the molecule is CNC(=O)c1cc(NC2CCCC(C(=O)O)C2)ccn1.